The van der Waals surface area contributed by atoms with Crippen molar-refractivity contribution in [2.24, 2.45) is 0 Å². The molecule has 0 saturated carbocycles. The zero-order chi connectivity index (χ0) is 5.98. The maximum absolute atomic E-state index is 10.5. The van der Waals surface area contributed by atoms with Crippen LogP contribution in [0.4, 0.5) is 0 Å². The van der Waals surface area contributed by atoms with Crippen molar-refractivity contribution in [3.63, 3.8) is 0 Å². The van der Waals surface area contributed by atoms with Crippen LogP contribution < -0.4 is 0 Å². The van der Waals surface area contributed by atoms with Gasteiger partial charge in [-0.2, -0.15) is 0 Å². The standard InChI is InChI=1S/C4H7O2.CH3.Al/c1-2-3-4(5)6;;/h1-3H2,(H,5,6);1H3;/q;;+1/p-1. The molecule has 1 heterocycles. The van der Waals surface area contributed by atoms with E-state index >= 15 is 0 Å². The van der Waals surface area contributed by atoms with Crippen LogP contribution in [-0.2, 0) is 8.58 Å². The third kappa shape index (κ3) is 1.50. The first-order valence-electron chi connectivity index (χ1n) is 2.98. The molecule has 3 heteroatoms. The van der Waals surface area contributed by atoms with E-state index in [-0.39, 0.29) is 5.97 Å². The van der Waals surface area contributed by atoms with Crippen molar-refractivity contribution in [1.82, 2.24) is 0 Å². The van der Waals surface area contributed by atoms with Crippen LogP contribution in [0.15, 0.2) is 0 Å². The fourth-order valence-corrected chi connectivity index (χ4v) is 2.34. The van der Waals surface area contributed by atoms with Crippen molar-refractivity contribution in [2.45, 2.75) is 23.9 Å². The molecule has 1 fully saturated rings. The second-order valence-corrected chi connectivity index (χ2v) is 4.63. The molecule has 1 aliphatic rings. The molecule has 0 unspecified atom stereocenters. The molecule has 0 bridgehead atoms. The molecule has 0 aromatic rings. The van der Waals surface area contributed by atoms with Gasteiger partial charge in [0.15, 0.2) is 0 Å². The van der Waals surface area contributed by atoms with Gasteiger partial charge in [-0.25, -0.2) is 0 Å². The summed E-state index contributed by atoms with van der Waals surface area (Å²) in [6.07, 6.45) is 1.71. The van der Waals surface area contributed by atoms with Gasteiger partial charge in [0.1, 0.15) is 0 Å². The van der Waals surface area contributed by atoms with Gasteiger partial charge >= 0.3 is 14.5 Å². The van der Waals surface area contributed by atoms with E-state index in [0.29, 0.717) is 6.42 Å². The van der Waals surface area contributed by atoms with Gasteiger partial charge in [0, 0.05) is 6.42 Å². The Labute approximate surface area is 53.6 Å². The topological polar surface area (TPSA) is 26.3 Å². The van der Waals surface area contributed by atoms with Crippen LogP contribution in [0.2, 0.25) is 11.1 Å². The normalized spacial score (nSPS) is 20.6. The Morgan fingerprint density at radius 1 is 1.75 bits per heavy atom. The van der Waals surface area contributed by atoms with E-state index in [0.717, 1.165) is 6.42 Å². The molecule has 1 saturated heterocycles. The van der Waals surface area contributed by atoms with E-state index in [1.807, 2.05) is 0 Å². The number of hydrogen-bond donors (Lipinski definition) is 0. The molecule has 0 atom stereocenters. The van der Waals surface area contributed by atoms with Gasteiger partial charge in [-0.15, -0.1) is 0 Å². The van der Waals surface area contributed by atoms with Crippen LogP contribution in [0.25, 0.3) is 0 Å². The summed E-state index contributed by atoms with van der Waals surface area (Å²) >= 11 is -1.00. The highest BCUT2D eigenvalue weighted by Gasteiger charge is 2.23. The molecule has 8 heavy (non-hydrogen) atoms. The molecule has 0 aromatic heterocycles. The molecule has 1 rings (SSSR count). The highest BCUT2D eigenvalue weighted by molar-refractivity contribution is 6.52. The number of hydrogen-bond acceptors (Lipinski definition) is 2. The number of carbonyl (C=O) groups excluding carboxylic acids is 1. The lowest BCUT2D eigenvalue weighted by atomic mass is 10.3. The van der Waals surface area contributed by atoms with Gasteiger partial charge in [0.25, 0.3) is 5.97 Å². The van der Waals surface area contributed by atoms with Crippen molar-refractivity contribution in [1.29, 1.82) is 0 Å². The van der Waals surface area contributed by atoms with Gasteiger partial charge in [0.05, 0.1) is 0 Å². The Morgan fingerprint density at radius 3 is 2.88 bits per heavy atom. The Morgan fingerprint density at radius 2 is 2.50 bits per heavy atom. The lowest BCUT2D eigenvalue weighted by molar-refractivity contribution is -0.135. The quantitative estimate of drug-likeness (QED) is 0.454. The molecule has 0 aromatic carbocycles. The molecular formula is C5H9AlO2. The largest absolute Gasteiger partial charge is 0.616 e. The Kier molecular flexibility index (Phi) is 1.93. The predicted molar refractivity (Wildman–Crippen MR) is 31.8 cm³/mol. The summed E-state index contributed by atoms with van der Waals surface area (Å²) in [6, 6.07) is 0. The second-order valence-electron chi connectivity index (χ2n) is 2.19. The van der Waals surface area contributed by atoms with E-state index in [9.17, 15) is 4.79 Å². The van der Waals surface area contributed by atoms with Crippen LogP contribution in [0.1, 0.15) is 12.8 Å². The Hall–Kier alpha value is 0.00247. The molecule has 0 radical (unpaired) electrons. The smallest absolute Gasteiger partial charge is 0.545 e. The van der Waals surface area contributed by atoms with Crippen LogP contribution in [0.3, 0.4) is 0 Å². The average molecular weight is 128 g/mol. The zero-order valence-corrected chi connectivity index (χ0v) is 6.17. The summed E-state index contributed by atoms with van der Waals surface area (Å²) in [5.41, 5.74) is 0. The van der Waals surface area contributed by atoms with E-state index in [2.05, 4.69) is 5.79 Å². The van der Waals surface area contributed by atoms with Crippen LogP contribution >= 0.6 is 0 Å². The highest BCUT2D eigenvalue weighted by atomic mass is 27.2. The van der Waals surface area contributed by atoms with Gasteiger partial charge < -0.3 is 3.79 Å². The first-order chi connectivity index (χ1) is 3.79. The van der Waals surface area contributed by atoms with Crippen molar-refractivity contribution < 1.29 is 8.58 Å². The number of carbonyl (C=O) groups is 1. The third-order valence-electron chi connectivity index (χ3n) is 1.32. The Bertz CT molecular complexity index is 103. The SMILES string of the molecule is [CH3][Al]1[CH2]CCC(=O)[O]1. The summed E-state index contributed by atoms with van der Waals surface area (Å²) in [5.74, 6) is 2.09. The molecule has 0 aliphatic carbocycles. The minimum absolute atomic E-state index is 0.0235. The summed E-state index contributed by atoms with van der Waals surface area (Å²) in [4.78, 5) is 10.5. The molecule has 0 amide bonds. The van der Waals surface area contributed by atoms with Crippen LogP contribution in [0.5, 0.6) is 0 Å². The lowest BCUT2D eigenvalue weighted by Crippen LogP contribution is -2.23. The summed E-state index contributed by atoms with van der Waals surface area (Å²) in [6.45, 7) is 0. The average Bonchev–Trinajstić information content (AvgIpc) is 1.64. The van der Waals surface area contributed by atoms with Gasteiger partial charge in [-0.3, -0.25) is 4.79 Å². The van der Waals surface area contributed by atoms with Gasteiger partial charge in [-0.05, 0) is 0 Å². The number of rotatable bonds is 0. The molecule has 0 N–H and O–H groups in total. The maximum Gasteiger partial charge on any atom is 0.545 e. The van der Waals surface area contributed by atoms with Crippen molar-refractivity contribution >= 4 is 20.5 Å². The van der Waals surface area contributed by atoms with E-state index in [4.69, 9.17) is 3.79 Å². The molecule has 1 aliphatic heterocycles. The first-order valence-corrected chi connectivity index (χ1v) is 5.43. The minimum Gasteiger partial charge on any atom is -0.616 e. The minimum atomic E-state index is -1.00. The van der Waals surface area contributed by atoms with Crippen molar-refractivity contribution in [2.75, 3.05) is 0 Å². The van der Waals surface area contributed by atoms with Gasteiger partial charge in [0.2, 0.25) is 0 Å². The van der Waals surface area contributed by atoms with Crippen LogP contribution in [0, 0.1) is 0 Å². The van der Waals surface area contributed by atoms with E-state index in [1.54, 1.807) is 0 Å². The highest BCUT2D eigenvalue weighted by Crippen LogP contribution is 2.10. The summed E-state index contributed by atoms with van der Waals surface area (Å²) < 4.78 is 4.99. The Balaban J connectivity index is 2.34. The molecule has 44 valence electrons. The van der Waals surface area contributed by atoms with Crippen LogP contribution in [-0.4, -0.2) is 20.5 Å². The van der Waals surface area contributed by atoms with Crippen molar-refractivity contribution in [3.05, 3.63) is 0 Å². The summed E-state index contributed by atoms with van der Waals surface area (Å²) in [7, 11) is 0. The second kappa shape index (κ2) is 2.52. The molecule has 0 spiro atoms. The van der Waals surface area contributed by atoms with E-state index < -0.39 is 14.5 Å². The first kappa shape index (κ1) is 6.13. The molecule has 2 nitrogen and oxygen atoms in total. The fourth-order valence-electron chi connectivity index (χ4n) is 0.876. The zero-order valence-electron chi connectivity index (χ0n) is 5.02. The monoisotopic (exact) mass is 128 g/mol. The van der Waals surface area contributed by atoms with Crippen molar-refractivity contribution in [3.8, 4) is 0 Å². The fraction of sp³-hybridized carbons (Fsp3) is 0.800. The maximum atomic E-state index is 10.5. The van der Waals surface area contributed by atoms with E-state index in [1.165, 1.54) is 5.28 Å². The lowest BCUT2D eigenvalue weighted by Gasteiger charge is -2.14. The third-order valence-corrected chi connectivity index (χ3v) is 3.21. The summed E-state index contributed by atoms with van der Waals surface area (Å²) in [5, 5.41) is 1.17. The molecular weight excluding hydrogens is 119 g/mol. The predicted octanol–water partition coefficient (Wildman–Crippen LogP) is 0.945. The van der Waals surface area contributed by atoms with Gasteiger partial charge in [-0.1, -0.05) is 17.5 Å².